The van der Waals surface area contributed by atoms with E-state index < -0.39 is 0 Å². The minimum absolute atomic E-state index is 0.199. The molecule has 2 aliphatic heterocycles. The lowest BCUT2D eigenvalue weighted by atomic mass is 10.3. The zero-order valence-corrected chi connectivity index (χ0v) is 15.7. The zero-order chi connectivity index (χ0) is 17.4. The molecular formula is C16H10Cl2N4OS2. The van der Waals surface area contributed by atoms with Crippen LogP contribution in [0, 0.1) is 0 Å². The average Bonchev–Trinajstić information content (AvgIpc) is 3.18. The van der Waals surface area contributed by atoms with Crippen LogP contribution in [0.15, 0.2) is 40.5 Å². The van der Waals surface area contributed by atoms with E-state index in [0.29, 0.717) is 32.4 Å². The van der Waals surface area contributed by atoms with E-state index in [1.54, 1.807) is 24.4 Å². The monoisotopic (exact) mass is 408 g/mol. The van der Waals surface area contributed by atoms with Gasteiger partial charge in [-0.15, -0.1) is 0 Å². The number of nitrogens with one attached hydrogen (secondary N) is 1. The van der Waals surface area contributed by atoms with Gasteiger partial charge in [0.25, 0.3) is 5.91 Å². The first-order chi connectivity index (χ1) is 12.1. The molecule has 0 aliphatic carbocycles. The third kappa shape index (κ3) is 3.46. The lowest BCUT2D eigenvalue weighted by molar-refractivity contribution is -0.115. The van der Waals surface area contributed by atoms with Gasteiger partial charge in [0, 0.05) is 30.4 Å². The number of rotatable bonds is 2. The number of carbonyl (C=O) groups excluding carboxylic acids is 1. The summed E-state index contributed by atoms with van der Waals surface area (Å²) in [5, 5.41) is 5.10. The number of nitrogens with zero attached hydrogens (tertiary/aromatic N) is 3. The standard InChI is InChI=1S/C16H10Cl2N4OS2/c17-10-2-1-3-11(18)14(10)20-16-21-15(23)13(24-16)8-22-5-4-12-9(7-22)6-19-25-12/h1-4,6-8H,5H2,(H,20,21,23). The van der Waals surface area contributed by atoms with Gasteiger partial charge in [-0.3, -0.25) is 4.79 Å². The Kier molecular flexibility index (Phi) is 4.56. The molecule has 1 N–H and O–H groups in total. The normalized spacial score (nSPS) is 19.6. The molecule has 2 aromatic rings. The molecule has 1 saturated heterocycles. The fourth-order valence-corrected chi connectivity index (χ4v) is 4.28. The van der Waals surface area contributed by atoms with Crippen LogP contribution in [-0.2, 0) is 4.79 Å². The molecule has 1 amide bonds. The van der Waals surface area contributed by atoms with Gasteiger partial charge in [-0.2, -0.15) is 4.37 Å². The van der Waals surface area contributed by atoms with Crippen molar-refractivity contribution < 1.29 is 4.79 Å². The maximum atomic E-state index is 12.2. The number of para-hydroxylation sites is 1. The molecule has 9 heteroatoms. The molecule has 0 unspecified atom stereocenters. The number of carbonyl (C=O) groups is 1. The summed E-state index contributed by atoms with van der Waals surface area (Å²) < 4.78 is 5.31. The Morgan fingerprint density at radius 3 is 2.92 bits per heavy atom. The molecule has 1 aromatic carbocycles. The van der Waals surface area contributed by atoms with Crippen LogP contribution in [0.5, 0.6) is 0 Å². The molecule has 0 radical (unpaired) electrons. The fourth-order valence-electron chi connectivity index (χ4n) is 2.34. The molecule has 0 spiro atoms. The first-order valence-electron chi connectivity index (χ1n) is 7.22. The van der Waals surface area contributed by atoms with Gasteiger partial charge in [-0.1, -0.05) is 29.3 Å². The summed E-state index contributed by atoms with van der Waals surface area (Å²) in [7, 11) is 0. The predicted octanol–water partition coefficient (Wildman–Crippen LogP) is 2.68. The minimum atomic E-state index is -0.199. The van der Waals surface area contributed by atoms with Crippen LogP contribution in [0.1, 0.15) is 0 Å². The highest BCUT2D eigenvalue weighted by atomic mass is 35.5. The van der Waals surface area contributed by atoms with Crippen molar-refractivity contribution in [1.82, 2.24) is 14.6 Å². The maximum Gasteiger partial charge on any atom is 0.265 e. The molecule has 5 nitrogen and oxygen atoms in total. The Balaban J connectivity index is 1.60. The molecule has 25 heavy (non-hydrogen) atoms. The number of aliphatic imine (C=N–C) groups is 1. The van der Waals surface area contributed by atoms with Crippen molar-refractivity contribution in [3.05, 3.63) is 55.3 Å². The largest absolute Gasteiger partial charge is 0.348 e. The Hall–Kier alpha value is -1.80. The molecule has 1 fully saturated rings. The summed E-state index contributed by atoms with van der Waals surface area (Å²) in [5.41, 5.74) is 0.446. The van der Waals surface area contributed by atoms with Crippen molar-refractivity contribution in [3.8, 4) is 0 Å². The second-order valence-electron chi connectivity index (χ2n) is 5.21. The third-order valence-corrected chi connectivity index (χ3v) is 5.82. The van der Waals surface area contributed by atoms with Crippen LogP contribution >= 0.6 is 46.5 Å². The summed E-state index contributed by atoms with van der Waals surface area (Å²) in [4.78, 5) is 19.1. The van der Waals surface area contributed by atoms with Gasteiger partial charge in [-0.25, -0.2) is 4.99 Å². The Labute approximate surface area is 161 Å². The highest BCUT2D eigenvalue weighted by Gasteiger charge is 2.25. The predicted molar refractivity (Wildman–Crippen MR) is 104 cm³/mol. The number of benzene rings is 1. The van der Waals surface area contributed by atoms with Crippen molar-refractivity contribution >= 4 is 75.5 Å². The molecule has 0 atom stereocenters. The van der Waals surface area contributed by atoms with Gasteiger partial charge in [0.1, 0.15) is 5.69 Å². The van der Waals surface area contributed by atoms with E-state index in [4.69, 9.17) is 23.2 Å². The topological polar surface area (TPSA) is 57.6 Å². The van der Waals surface area contributed by atoms with Gasteiger partial charge in [0.05, 0.1) is 19.5 Å². The lowest BCUT2D eigenvalue weighted by Gasteiger charge is -2.15. The number of fused-ring (bicyclic) bond motifs is 1. The molecule has 3 heterocycles. The SMILES string of the molecule is O=C1NC(=Nc2c(Cl)cccc2Cl)SC1=CN1C=c2cnsc2=CC1. The zero-order valence-electron chi connectivity index (χ0n) is 12.6. The minimum Gasteiger partial charge on any atom is -0.348 e. The van der Waals surface area contributed by atoms with Gasteiger partial charge in [-0.05, 0) is 41.5 Å². The molecule has 0 saturated carbocycles. The van der Waals surface area contributed by atoms with Crippen molar-refractivity contribution in [1.29, 1.82) is 0 Å². The highest BCUT2D eigenvalue weighted by Crippen LogP contribution is 2.35. The number of hydrogen-bond acceptors (Lipinski definition) is 6. The maximum absolute atomic E-state index is 12.2. The van der Waals surface area contributed by atoms with Crippen molar-refractivity contribution in [2.75, 3.05) is 6.54 Å². The van der Waals surface area contributed by atoms with Crippen molar-refractivity contribution in [3.63, 3.8) is 0 Å². The van der Waals surface area contributed by atoms with E-state index in [-0.39, 0.29) is 5.91 Å². The van der Waals surface area contributed by atoms with Crippen LogP contribution in [0.2, 0.25) is 10.0 Å². The second-order valence-corrected chi connectivity index (χ2v) is 7.89. The highest BCUT2D eigenvalue weighted by molar-refractivity contribution is 8.18. The first kappa shape index (κ1) is 16.7. The summed E-state index contributed by atoms with van der Waals surface area (Å²) in [6, 6.07) is 5.16. The Bertz CT molecular complexity index is 1020. The summed E-state index contributed by atoms with van der Waals surface area (Å²) in [5.74, 6) is -0.199. The second kappa shape index (κ2) is 6.84. The molecular weight excluding hydrogens is 399 g/mol. The molecule has 0 bridgehead atoms. The van der Waals surface area contributed by atoms with Crippen molar-refractivity contribution in [2.24, 2.45) is 4.99 Å². The van der Waals surface area contributed by atoms with Gasteiger partial charge < -0.3 is 10.2 Å². The smallest absolute Gasteiger partial charge is 0.265 e. The number of amides is 1. The van der Waals surface area contributed by atoms with Gasteiger partial charge in [0.15, 0.2) is 5.17 Å². The van der Waals surface area contributed by atoms with Crippen LogP contribution in [0.3, 0.4) is 0 Å². The molecule has 4 rings (SSSR count). The first-order valence-corrected chi connectivity index (χ1v) is 9.57. The van der Waals surface area contributed by atoms with Crippen LogP contribution < -0.4 is 15.1 Å². The Morgan fingerprint density at radius 2 is 2.12 bits per heavy atom. The lowest BCUT2D eigenvalue weighted by Crippen LogP contribution is -2.29. The van der Waals surface area contributed by atoms with E-state index in [1.165, 1.54) is 23.3 Å². The van der Waals surface area contributed by atoms with Gasteiger partial charge in [0.2, 0.25) is 0 Å². The quantitative estimate of drug-likeness (QED) is 0.775. The van der Waals surface area contributed by atoms with E-state index >= 15 is 0 Å². The number of aromatic nitrogens is 1. The average molecular weight is 409 g/mol. The number of halogens is 2. The number of hydrogen-bond donors (Lipinski definition) is 1. The fraction of sp³-hybridized carbons (Fsp3) is 0.0625. The molecule has 1 aromatic heterocycles. The van der Waals surface area contributed by atoms with E-state index in [1.807, 2.05) is 17.3 Å². The number of thioether (sulfide) groups is 1. The van der Waals surface area contributed by atoms with Crippen LogP contribution in [0.25, 0.3) is 12.3 Å². The molecule has 126 valence electrons. The van der Waals surface area contributed by atoms with Gasteiger partial charge >= 0.3 is 0 Å². The summed E-state index contributed by atoms with van der Waals surface area (Å²) in [6.45, 7) is 0.690. The van der Waals surface area contributed by atoms with E-state index in [0.717, 1.165) is 9.75 Å². The van der Waals surface area contributed by atoms with Crippen LogP contribution in [0.4, 0.5) is 5.69 Å². The van der Waals surface area contributed by atoms with E-state index in [9.17, 15) is 4.79 Å². The summed E-state index contributed by atoms with van der Waals surface area (Å²) >= 11 is 15.0. The Morgan fingerprint density at radius 1 is 1.32 bits per heavy atom. The van der Waals surface area contributed by atoms with Crippen molar-refractivity contribution in [2.45, 2.75) is 0 Å². The van der Waals surface area contributed by atoms with E-state index in [2.05, 4.69) is 20.8 Å². The number of amidine groups is 1. The third-order valence-electron chi connectivity index (χ3n) is 3.50. The molecule has 2 aliphatic rings. The van der Waals surface area contributed by atoms with Crippen LogP contribution in [-0.4, -0.2) is 26.9 Å². The summed E-state index contributed by atoms with van der Waals surface area (Å²) in [6.07, 6.45) is 7.67.